The van der Waals surface area contributed by atoms with E-state index in [9.17, 15) is 4.79 Å². The summed E-state index contributed by atoms with van der Waals surface area (Å²) in [5.41, 5.74) is -0.421. The maximum absolute atomic E-state index is 11.7. The van der Waals surface area contributed by atoms with Crippen LogP contribution in [0.15, 0.2) is 0 Å². The zero-order valence-electron chi connectivity index (χ0n) is 9.78. The first-order chi connectivity index (χ1) is 6.92. The normalized spacial score (nSPS) is 21.9. The molecule has 1 aliphatic heterocycles. The number of likely N-dealkylation sites (tertiary alicyclic amines) is 1. The van der Waals surface area contributed by atoms with Crippen LogP contribution in [0.25, 0.3) is 0 Å². The fourth-order valence-corrected chi connectivity index (χ4v) is 1.86. The third-order valence-corrected chi connectivity index (χ3v) is 2.49. The Labute approximate surface area is 95.5 Å². The molecule has 0 radical (unpaired) electrons. The second-order valence-corrected chi connectivity index (χ2v) is 5.13. The van der Waals surface area contributed by atoms with Gasteiger partial charge in [0, 0.05) is 12.8 Å². The van der Waals surface area contributed by atoms with Crippen LogP contribution < -0.4 is 0 Å². The quantitative estimate of drug-likeness (QED) is 0.686. The van der Waals surface area contributed by atoms with Crippen molar-refractivity contribution in [2.45, 2.75) is 38.9 Å². The molecule has 0 bridgehead atoms. The van der Waals surface area contributed by atoms with Crippen LogP contribution in [0, 0.1) is 0 Å². The highest BCUT2D eigenvalue weighted by molar-refractivity contribution is 7.93. The lowest BCUT2D eigenvalue weighted by Gasteiger charge is -2.24. The van der Waals surface area contributed by atoms with Crippen molar-refractivity contribution in [1.82, 2.24) is 4.90 Å². The van der Waals surface area contributed by atoms with Crippen LogP contribution in [0.1, 0.15) is 27.2 Å². The molecule has 1 saturated heterocycles. The molecule has 0 aromatic carbocycles. The molecule has 0 unspecified atom stereocenters. The molecule has 0 aromatic rings. The Kier molecular flexibility index (Phi) is 4.28. The lowest BCUT2D eigenvalue weighted by Crippen LogP contribution is -2.35. The molecule has 0 aliphatic carbocycles. The Morgan fingerprint density at radius 2 is 2.13 bits per heavy atom. The van der Waals surface area contributed by atoms with Gasteiger partial charge in [-0.15, -0.1) is 0 Å². The molecule has 1 aliphatic rings. The standard InChI is InChI=1S/C10H19NO3S/c1-10(2,3)13-9(12)11-6-5-8(7-11)14-15-4/h8H,5-7H2,1-4H3/t8-/m1/s1. The van der Waals surface area contributed by atoms with Crippen LogP contribution in [0.2, 0.25) is 0 Å². The first kappa shape index (κ1) is 12.6. The van der Waals surface area contributed by atoms with Gasteiger partial charge in [0.05, 0.1) is 12.6 Å². The van der Waals surface area contributed by atoms with Gasteiger partial charge in [-0.3, -0.25) is 0 Å². The molecule has 1 heterocycles. The number of ether oxygens (including phenoxy) is 1. The first-order valence-corrected chi connectivity index (χ1v) is 6.25. The van der Waals surface area contributed by atoms with Crippen LogP contribution in [-0.2, 0) is 8.92 Å². The van der Waals surface area contributed by atoms with Gasteiger partial charge in [0.25, 0.3) is 0 Å². The van der Waals surface area contributed by atoms with Gasteiger partial charge in [-0.25, -0.2) is 4.79 Å². The topological polar surface area (TPSA) is 38.8 Å². The molecule has 4 nitrogen and oxygen atoms in total. The van der Waals surface area contributed by atoms with Gasteiger partial charge in [0.15, 0.2) is 0 Å². The second-order valence-electron chi connectivity index (χ2n) is 4.60. The Bertz CT molecular complexity index is 227. The van der Waals surface area contributed by atoms with Crippen LogP contribution in [0.5, 0.6) is 0 Å². The number of hydrogen-bond donors (Lipinski definition) is 0. The summed E-state index contributed by atoms with van der Waals surface area (Å²) < 4.78 is 10.7. The Morgan fingerprint density at radius 1 is 1.47 bits per heavy atom. The minimum Gasteiger partial charge on any atom is -0.444 e. The van der Waals surface area contributed by atoms with E-state index in [-0.39, 0.29) is 12.2 Å². The van der Waals surface area contributed by atoms with E-state index in [1.165, 1.54) is 12.0 Å². The summed E-state index contributed by atoms with van der Waals surface area (Å²) in [6, 6.07) is 0. The lowest BCUT2D eigenvalue weighted by molar-refractivity contribution is 0.0279. The van der Waals surface area contributed by atoms with E-state index < -0.39 is 5.60 Å². The molecule has 0 saturated carbocycles. The maximum atomic E-state index is 11.7. The summed E-state index contributed by atoms with van der Waals surface area (Å²) in [7, 11) is 0. The molecule has 1 rings (SSSR count). The largest absolute Gasteiger partial charge is 0.444 e. The lowest BCUT2D eigenvalue weighted by atomic mass is 10.2. The zero-order valence-corrected chi connectivity index (χ0v) is 10.6. The molecule has 15 heavy (non-hydrogen) atoms. The molecule has 1 amide bonds. The first-order valence-electron chi connectivity index (χ1n) is 5.10. The van der Waals surface area contributed by atoms with E-state index >= 15 is 0 Å². The maximum Gasteiger partial charge on any atom is 0.410 e. The molecule has 1 fully saturated rings. The van der Waals surface area contributed by atoms with Crippen LogP contribution in [0.4, 0.5) is 4.79 Å². The number of carbonyl (C=O) groups excluding carboxylic acids is 1. The molecular weight excluding hydrogens is 214 g/mol. The van der Waals surface area contributed by atoms with Crippen LogP contribution in [0.3, 0.4) is 0 Å². The molecule has 5 heteroatoms. The highest BCUT2D eigenvalue weighted by Gasteiger charge is 2.30. The second kappa shape index (κ2) is 5.07. The van der Waals surface area contributed by atoms with E-state index in [1.807, 2.05) is 27.0 Å². The van der Waals surface area contributed by atoms with Gasteiger partial charge < -0.3 is 13.8 Å². The average Bonchev–Trinajstić information content (AvgIpc) is 2.50. The van der Waals surface area contributed by atoms with E-state index in [0.29, 0.717) is 6.54 Å². The fourth-order valence-electron chi connectivity index (χ4n) is 1.44. The number of rotatable bonds is 2. The molecule has 88 valence electrons. The Morgan fingerprint density at radius 3 is 2.67 bits per heavy atom. The average molecular weight is 233 g/mol. The van der Waals surface area contributed by atoms with Crippen molar-refractivity contribution >= 4 is 18.1 Å². The van der Waals surface area contributed by atoms with E-state index in [0.717, 1.165) is 13.0 Å². The van der Waals surface area contributed by atoms with Crippen molar-refractivity contribution in [3.8, 4) is 0 Å². The minimum atomic E-state index is -0.421. The van der Waals surface area contributed by atoms with Gasteiger partial charge in [-0.05, 0) is 39.2 Å². The predicted molar refractivity (Wildman–Crippen MR) is 60.8 cm³/mol. The fraction of sp³-hybridized carbons (Fsp3) is 0.900. The molecule has 1 atom stereocenters. The monoisotopic (exact) mass is 233 g/mol. The summed E-state index contributed by atoms with van der Waals surface area (Å²) >= 11 is 1.35. The van der Waals surface area contributed by atoms with E-state index in [1.54, 1.807) is 4.90 Å². The smallest absolute Gasteiger partial charge is 0.410 e. The molecule has 0 N–H and O–H groups in total. The van der Waals surface area contributed by atoms with Crippen molar-refractivity contribution in [2.75, 3.05) is 19.3 Å². The summed E-state index contributed by atoms with van der Waals surface area (Å²) in [5, 5.41) is 0. The van der Waals surface area contributed by atoms with Crippen molar-refractivity contribution in [3.05, 3.63) is 0 Å². The van der Waals surface area contributed by atoms with Gasteiger partial charge >= 0.3 is 6.09 Å². The summed E-state index contributed by atoms with van der Waals surface area (Å²) in [6.07, 6.45) is 2.68. The Balaban J connectivity index is 2.37. The van der Waals surface area contributed by atoms with Crippen LogP contribution in [-0.4, -0.2) is 42.0 Å². The summed E-state index contributed by atoms with van der Waals surface area (Å²) in [5.74, 6) is 0. The highest BCUT2D eigenvalue weighted by atomic mass is 32.2. The van der Waals surface area contributed by atoms with Crippen molar-refractivity contribution in [3.63, 3.8) is 0 Å². The molecular formula is C10H19NO3S. The summed E-state index contributed by atoms with van der Waals surface area (Å²) in [6.45, 7) is 6.97. The minimum absolute atomic E-state index is 0.146. The SMILES string of the molecule is CSO[C@@H]1CCN(C(=O)OC(C)(C)C)C1. The zero-order chi connectivity index (χ0) is 11.5. The number of carbonyl (C=O) groups is 1. The third-order valence-electron chi connectivity index (χ3n) is 2.03. The van der Waals surface area contributed by atoms with Gasteiger partial charge in [0.2, 0.25) is 0 Å². The molecule has 0 aromatic heterocycles. The van der Waals surface area contributed by atoms with Gasteiger partial charge in [-0.2, -0.15) is 0 Å². The van der Waals surface area contributed by atoms with E-state index in [2.05, 4.69) is 0 Å². The van der Waals surface area contributed by atoms with Crippen LogP contribution >= 0.6 is 12.0 Å². The predicted octanol–water partition coefficient (Wildman–Crippen LogP) is 2.29. The summed E-state index contributed by atoms with van der Waals surface area (Å²) in [4.78, 5) is 13.4. The van der Waals surface area contributed by atoms with Crippen molar-refractivity contribution < 1.29 is 13.7 Å². The Hall–Kier alpha value is -0.420. The van der Waals surface area contributed by atoms with E-state index in [4.69, 9.17) is 8.92 Å². The van der Waals surface area contributed by atoms with Gasteiger partial charge in [0.1, 0.15) is 5.60 Å². The highest BCUT2D eigenvalue weighted by Crippen LogP contribution is 2.19. The molecule has 0 spiro atoms. The van der Waals surface area contributed by atoms with Crippen molar-refractivity contribution in [1.29, 1.82) is 0 Å². The van der Waals surface area contributed by atoms with Crippen molar-refractivity contribution in [2.24, 2.45) is 0 Å². The number of nitrogens with zero attached hydrogens (tertiary/aromatic N) is 1. The third kappa shape index (κ3) is 4.30. The number of amides is 1. The number of hydrogen-bond acceptors (Lipinski definition) is 4. The van der Waals surface area contributed by atoms with Gasteiger partial charge in [-0.1, -0.05) is 0 Å².